The summed E-state index contributed by atoms with van der Waals surface area (Å²) < 4.78 is 27.0. The molecule has 2 aliphatic rings. The maximum absolute atomic E-state index is 5.95. The van der Waals surface area contributed by atoms with E-state index in [0.717, 1.165) is 18.6 Å². The van der Waals surface area contributed by atoms with Crippen molar-refractivity contribution in [3.63, 3.8) is 0 Å². The minimum absolute atomic E-state index is 0.102. The van der Waals surface area contributed by atoms with Gasteiger partial charge in [-0.1, -0.05) is 12.1 Å². The Balaban J connectivity index is 1.11. The second-order valence-corrected chi connectivity index (χ2v) is 7.61. The van der Waals surface area contributed by atoms with E-state index in [1.165, 1.54) is 25.5 Å². The molecule has 2 aliphatic carbocycles. The van der Waals surface area contributed by atoms with Crippen LogP contribution in [-0.4, -0.2) is 41.2 Å². The van der Waals surface area contributed by atoms with Gasteiger partial charge >= 0.3 is 0 Å². The molecule has 0 spiro atoms. The standard InChI is InChI=1S/C22H23N3O5/c1-26-13-27-21-10-20(30-25-21)19-11-24-22(12-23-19)29-18-8-15(9-18)14-2-4-16(5-3-14)28-17-6-7-17/h2-5,10-12,15,17-18H,6-9,13H2,1H3. The number of hydrogen-bond donors (Lipinski definition) is 0. The molecule has 156 valence electrons. The van der Waals surface area contributed by atoms with Crippen molar-refractivity contribution in [2.24, 2.45) is 0 Å². The lowest BCUT2D eigenvalue weighted by atomic mass is 9.77. The second-order valence-electron chi connectivity index (χ2n) is 7.61. The van der Waals surface area contributed by atoms with Crippen LogP contribution in [0.1, 0.15) is 37.2 Å². The average Bonchev–Trinajstić information content (AvgIpc) is 3.44. The molecule has 0 unspecified atom stereocenters. The third-order valence-electron chi connectivity index (χ3n) is 5.25. The van der Waals surface area contributed by atoms with Gasteiger partial charge in [0.05, 0.1) is 24.6 Å². The molecule has 8 heteroatoms. The summed E-state index contributed by atoms with van der Waals surface area (Å²) in [5.74, 6) is 2.79. The van der Waals surface area contributed by atoms with Gasteiger partial charge in [-0.3, -0.25) is 0 Å². The van der Waals surface area contributed by atoms with Gasteiger partial charge in [0.25, 0.3) is 5.88 Å². The van der Waals surface area contributed by atoms with Gasteiger partial charge in [-0.25, -0.2) is 9.97 Å². The first-order chi connectivity index (χ1) is 14.8. The molecule has 0 radical (unpaired) electrons. The van der Waals surface area contributed by atoms with Crippen molar-refractivity contribution in [3.05, 3.63) is 48.3 Å². The predicted molar refractivity (Wildman–Crippen MR) is 107 cm³/mol. The van der Waals surface area contributed by atoms with Crippen LogP contribution in [0.4, 0.5) is 0 Å². The van der Waals surface area contributed by atoms with E-state index in [2.05, 4.69) is 39.4 Å². The number of ether oxygens (including phenoxy) is 4. The second kappa shape index (κ2) is 8.31. The first kappa shape index (κ1) is 18.9. The molecule has 8 nitrogen and oxygen atoms in total. The van der Waals surface area contributed by atoms with Gasteiger partial charge < -0.3 is 23.5 Å². The lowest BCUT2D eigenvalue weighted by Gasteiger charge is -2.35. The third-order valence-corrected chi connectivity index (χ3v) is 5.25. The fraction of sp³-hybridized carbons (Fsp3) is 0.409. The van der Waals surface area contributed by atoms with Gasteiger partial charge in [-0.2, -0.15) is 0 Å². The van der Waals surface area contributed by atoms with Crippen molar-refractivity contribution in [3.8, 4) is 29.0 Å². The maximum atomic E-state index is 5.95. The van der Waals surface area contributed by atoms with Crippen LogP contribution in [0.5, 0.6) is 17.5 Å². The summed E-state index contributed by atoms with van der Waals surface area (Å²) >= 11 is 0. The van der Waals surface area contributed by atoms with Gasteiger partial charge in [0.2, 0.25) is 5.88 Å². The molecule has 2 saturated carbocycles. The van der Waals surface area contributed by atoms with Crippen molar-refractivity contribution >= 4 is 0 Å². The van der Waals surface area contributed by atoms with Crippen molar-refractivity contribution in [2.75, 3.05) is 13.9 Å². The van der Waals surface area contributed by atoms with Crippen LogP contribution in [0.25, 0.3) is 11.5 Å². The smallest absolute Gasteiger partial charge is 0.256 e. The summed E-state index contributed by atoms with van der Waals surface area (Å²) in [5.41, 5.74) is 1.89. The zero-order valence-corrected chi connectivity index (χ0v) is 16.7. The number of methoxy groups -OCH3 is 1. The SMILES string of the molecule is COCOc1cc(-c2cnc(OC3CC(c4ccc(OC5CC5)cc4)C3)cn2)on1. The predicted octanol–water partition coefficient (Wildman–Crippen LogP) is 3.98. The van der Waals surface area contributed by atoms with Crippen LogP contribution in [0.3, 0.4) is 0 Å². The van der Waals surface area contributed by atoms with Gasteiger partial charge in [-0.15, -0.1) is 0 Å². The Morgan fingerprint density at radius 3 is 2.50 bits per heavy atom. The van der Waals surface area contributed by atoms with Crippen LogP contribution >= 0.6 is 0 Å². The van der Waals surface area contributed by atoms with E-state index in [1.54, 1.807) is 18.5 Å². The van der Waals surface area contributed by atoms with E-state index in [-0.39, 0.29) is 12.9 Å². The summed E-state index contributed by atoms with van der Waals surface area (Å²) in [5, 5.41) is 3.80. The monoisotopic (exact) mass is 409 g/mol. The molecule has 2 aromatic heterocycles. The summed E-state index contributed by atoms with van der Waals surface area (Å²) in [7, 11) is 1.54. The van der Waals surface area contributed by atoms with Gasteiger partial charge in [0.1, 0.15) is 17.5 Å². The Morgan fingerprint density at radius 1 is 0.967 bits per heavy atom. The topological polar surface area (TPSA) is 88.7 Å². The lowest BCUT2D eigenvalue weighted by molar-refractivity contribution is 0.0453. The maximum Gasteiger partial charge on any atom is 0.256 e. The molecule has 0 aliphatic heterocycles. The highest BCUT2D eigenvalue weighted by Crippen LogP contribution is 2.39. The number of aromatic nitrogens is 3. The van der Waals surface area contributed by atoms with Gasteiger partial charge in [0, 0.05) is 7.11 Å². The van der Waals surface area contributed by atoms with E-state index in [4.69, 9.17) is 23.5 Å². The number of rotatable bonds is 9. The third kappa shape index (κ3) is 4.38. The van der Waals surface area contributed by atoms with Crippen LogP contribution in [0.2, 0.25) is 0 Å². The molecule has 0 saturated heterocycles. The summed E-state index contributed by atoms with van der Waals surface area (Å²) in [6.07, 6.45) is 8.07. The normalized spacial score (nSPS) is 20.4. The molecule has 0 N–H and O–H groups in total. The molecule has 2 heterocycles. The van der Waals surface area contributed by atoms with Crippen LogP contribution < -0.4 is 14.2 Å². The fourth-order valence-electron chi connectivity index (χ4n) is 3.37. The minimum atomic E-state index is 0.102. The summed E-state index contributed by atoms with van der Waals surface area (Å²) in [4.78, 5) is 8.68. The number of hydrogen-bond acceptors (Lipinski definition) is 8. The Bertz CT molecular complexity index is 963. The number of nitrogens with zero attached hydrogens (tertiary/aromatic N) is 3. The average molecular weight is 409 g/mol. The Labute approximate surface area is 174 Å². The molecular weight excluding hydrogens is 386 g/mol. The Hall–Kier alpha value is -3.13. The molecule has 0 amide bonds. The van der Waals surface area contributed by atoms with E-state index >= 15 is 0 Å². The Kier molecular flexibility index (Phi) is 5.23. The van der Waals surface area contributed by atoms with E-state index in [9.17, 15) is 0 Å². The molecule has 2 fully saturated rings. The first-order valence-electron chi connectivity index (χ1n) is 10.1. The zero-order valence-electron chi connectivity index (χ0n) is 16.7. The fourth-order valence-corrected chi connectivity index (χ4v) is 3.37. The van der Waals surface area contributed by atoms with E-state index < -0.39 is 0 Å². The van der Waals surface area contributed by atoms with Crippen molar-refractivity contribution < 1.29 is 23.5 Å². The van der Waals surface area contributed by atoms with Crippen LogP contribution in [-0.2, 0) is 4.74 Å². The largest absolute Gasteiger partial charge is 0.490 e. The highest BCUT2D eigenvalue weighted by atomic mass is 16.7. The highest BCUT2D eigenvalue weighted by Gasteiger charge is 2.32. The van der Waals surface area contributed by atoms with Crippen molar-refractivity contribution in [1.29, 1.82) is 0 Å². The molecule has 3 aromatic rings. The Morgan fingerprint density at radius 2 is 1.80 bits per heavy atom. The molecule has 0 bridgehead atoms. The molecule has 0 atom stereocenters. The molecule has 5 rings (SSSR count). The molecule has 1 aromatic carbocycles. The summed E-state index contributed by atoms with van der Waals surface area (Å²) in [6.45, 7) is 0.102. The van der Waals surface area contributed by atoms with Gasteiger partial charge in [0.15, 0.2) is 12.6 Å². The van der Waals surface area contributed by atoms with Crippen LogP contribution in [0, 0.1) is 0 Å². The van der Waals surface area contributed by atoms with E-state index in [0.29, 0.717) is 35.2 Å². The summed E-state index contributed by atoms with van der Waals surface area (Å²) in [6, 6.07) is 10.1. The lowest BCUT2D eigenvalue weighted by Crippen LogP contribution is -2.32. The van der Waals surface area contributed by atoms with Crippen LogP contribution in [0.15, 0.2) is 47.2 Å². The van der Waals surface area contributed by atoms with Gasteiger partial charge in [-0.05, 0) is 54.5 Å². The van der Waals surface area contributed by atoms with E-state index in [1.807, 2.05) is 0 Å². The van der Waals surface area contributed by atoms with Crippen molar-refractivity contribution in [1.82, 2.24) is 15.1 Å². The highest BCUT2D eigenvalue weighted by molar-refractivity contribution is 5.51. The first-order valence-corrected chi connectivity index (χ1v) is 10.1. The quantitative estimate of drug-likeness (QED) is 0.490. The molecular formula is C22H23N3O5. The number of benzene rings is 1. The minimum Gasteiger partial charge on any atom is -0.490 e. The zero-order chi connectivity index (χ0) is 20.3. The molecule has 30 heavy (non-hydrogen) atoms. The van der Waals surface area contributed by atoms with Crippen molar-refractivity contribution in [2.45, 2.75) is 43.8 Å².